The van der Waals surface area contributed by atoms with E-state index in [4.69, 9.17) is 0 Å². The highest BCUT2D eigenvalue weighted by Gasteiger charge is 2.18. The third-order valence-corrected chi connectivity index (χ3v) is 5.45. The van der Waals surface area contributed by atoms with Crippen LogP contribution < -0.4 is 0 Å². The van der Waals surface area contributed by atoms with Crippen molar-refractivity contribution >= 4 is 38.4 Å². The van der Waals surface area contributed by atoms with E-state index < -0.39 is 0 Å². The summed E-state index contributed by atoms with van der Waals surface area (Å²) in [6.45, 7) is 0.321. The fourth-order valence-corrected chi connectivity index (χ4v) is 3.74. The minimum atomic E-state index is -0.363. The molecular weight excluding hydrogens is 461 g/mol. The Morgan fingerprint density at radius 2 is 1.74 bits per heavy atom. The molecule has 0 aliphatic carbocycles. The standard InChI is InChI=1S/C24H19BrFN3O2/c25-18-9-12-21-20(14-18)23(24(31)29(21)15-17-6-10-19(26)11-7-17)28-27-22(30)13-8-16-4-2-1-3-5-16/h1-7,9-12,14,31H,8,13,15H2. The minimum absolute atomic E-state index is 0.1000. The predicted molar refractivity (Wildman–Crippen MR) is 121 cm³/mol. The Labute approximate surface area is 187 Å². The first-order valence-corrected chi connectivity index (χ1v) is 10.5. The maximum Gasteiger partial charge on any atom is 0.265 e. The lowest BCUT2D eigenvalue weighted by molar-refractivity contribution is -0.118. The molecule has 5 nitrogen and oxygen atoms in total. The molecule has 0 fully saturated rings. The van der Waals surface area contributed by atoms with Crippen molar-refractivity contribution in [2.24, 2.45) is 10.2 Å². The highest BCUT2D eigenvalue weighted by Crippen LogP contribution is 2.40. The summed E-state index contributed by atoms with van der Waals surface area (Å²) in [6.07, 6.45) is 0.800. The molecule has 1 aromatic heterocycles. The first kappa shape index (κ1) is 20.9. The summed E-state index contributed by atoms with van der Waals surface area (Å²) in [5.41, 5.74) is 2.83. The average molecular weight is 480 g/mol. The molecule has 0 saturated carbocycles. The van der Waals surface area contributed by atoms with Crippen molar-refractivity contribution in [3.63, 3.8) is 0 Å². The van der Waals surface area contributed by atoms with E-state index in [1.54, 1.807) is 16.7 Å². The molecule has 0 aliphatic heterocycles. The van der Waals surface area contributed by atoms with Crippen LogP contribution in [0.25, 0.3) is 10.9 Å². The van der Waals surface area contributed by atoms with Gasteiger partial charge in [-0.25, -0.2) is 4.39 Å². The Morgan fingerprint density at radius 3 is 2.48 bits per heavy atom. The van der Waals surface area contributed by atoms with Crippen molar-refractivity contribution in [1.29, 1.82) is 0 Å². The topological polar surface area (TPSA) is 66.9 Å². The molecule has 3 aromatic carbocycles. The number of halogens is 2. The molecule has 4 aromatic rings. The third kappa shape index (κ3) is 4.88. The highest BCUT2D eigenvalue weighted by atomic mass is 79.9. The van der Waals surface area contributed by atoms with Gasteiger partial charge in [0.1, 0.15) is 5.82 Å². The number of amides is 1. The molecule has 4 rings (SSSR count). The van der Waals surface area contributed by atoms with Crippen LogP contribution in [-0.4, -0.2) is 15.6 Å². The number of hydrogen-bond donors (Lipinski definition) is 1. The first-order chi connectivity index (χ1) is 15.0. The number of carbonyl (C=O) groups is 1. The van der Waals surface area contributed by atoms with Gasteiger partial charge in [-0.15, -0.1) is 10.2 Å². The number of carbonyl (C=O) groups excluding carboxylic acids is 1. The van der Waals surface area contributed by atoms with E-state index in [2.05, 4.69) is 26.2 Å². The number of aromatic hydroxyl groups is 1. The third-order valence-electron chi connectivity index (χ3n) is 4.96. The molecule has 0 atom stereocenters. The van der Waals surface area contributed by atoms with Crippen LogP contribution in [0.4, 0.5) is 10.1 Å². The molecule has 7 heteroatoms. The van der Waals surface area contributed by atoms with Gasteiger partial charge in [-0.3, -0.25) is 4.79 Å². The fourth-order valence-electron chi connectivity index (χ4n) is 3.38. The summed E-state index contributed by atoms with van der Waals surface area (Å²) in [6, 6.07) is 21.3. The summed E-state index contributed by atoms with van der Waals surface area (Å²) < 4.78 is 15.7. The second-order valence-corrected chi connectivity index (χ2v) is 8.04. The van der Waals surface area contributed by atoms with E-state index in [-0.39, 0.29) is 29.7 Å². The van der Waals surface area contributed by atoms with Crippen molar-refractivity contribution in [2.75, 3.05) is 0 Å². The molecule has 1 amide bonds. The lowest BCUT2D eigenvalue weighted by Gasteiger charge is -2.07. The summed E-state index contributed by atoms with van der Waals surface area (Å²) >= 11 is 3.43. The number of aryl methyl sites for hydroxylation is 1. The van der Waals surface area contributed by atoms with Crippen molar-refractivity contribution in [2.45, 2.75) is 19.4 Å². The zero-order valence-electron chi connectivity index (χ0n) is 16.5. The van der Waals surface area contributed by atoms with Crippen molar-refractivity contribution in [3.05, 3.63) is 94.2 Å². The van der Waals surface area contributed by atoms with Crippen LogP contribution >= 0.6 is 15.9 Å². The number of rotatable bonds is 6. The molecule has 0 spiro atoms. The monoisotopic (exact) mass is 479 g/mol. The zero-order valence-corrected chi connectivity index (χ0v) is 18.1. The number of benzene rings is 3. The number of azo groups is 1. The molecule has 0 unspecified atom stereocenters. The molecule has 0 saturated heterocycles. The number of hydrogen-bond acceptors (Lipinski definition) is 3. The Bertz CT molecular complexity index is 1250. The molecule has 0 aliphatic rings. The van der Waals surface area contributed by atoms with Gasteiger partial charge in [0.2, 0.25) is 5.88 Å². The van der Waals surface area contributed by atoms with Gasteiger partial charge in [-0.2, -0.15) is 0 Å². The van der Waals surface area contributed by atoms with Crippen molar-refractivity contribution in [3.8, 4) is 5.88 Å². The van der Waals surface area contributed by atoms with Crippen LogP contribution in [0, 0.1) is 5.82 Å². The summed E-state index contributed by atoms with van der Waals surface area (Å²) in [5, 5.41) is 19.4. The Morgan fingerprint density at radius 1 is 1.00 bits per heavy atom. The van der Waals surface area contributed by atoms with Gasteiger partial charge < -0.3 is 9.67 Å². The smallest absolute Gasteiger partial charge is 0.265 e. The lowest BCUT2D eigenvalue weighted by Crippen LogP contribution is -1.98. The molecular formula is C24H19BrFN3O2. The van der Waals surface area contributed by atoms with Crippen LogP contribution in [0.15, 0.2) is 87.5 Å². The number of fused-ring (bicyclic) bond motifs is 1. The van der Waals surface area contributed by atoms with E-state index in [1.807, 2.05) is 48.5 Å². The molecule has 0 radical (unpaired) electrons. The summed E-state index contributed by atoms with van der Waals surface area (Å²) in [5.74, 6) is -0.785. The largest absolute Gasteiger partial charge is 0.493 e. The van der Waals surface area contributed by atoms with Gasteiger partial charge in [0.05, 0.1) is 12.1 Å². The maximum atomic E-state index is 13.2. The molecule has 0 bridgehead atoms. The quantitative estimate of drug-likeness (QED) is 0.319. The van der Waals surface area contributed by atoms with Gasteiger partial charge >= 0.3 is 0 Å². The van der Waals surface area contributed by atoms with Gasteiger partial charge in [0.25, 0.3) is 5.91 Å². The zero-order chi connectivity index (χ0) is 21.8. The van der Waals surface area contributed by atoms with Crippen LogP contribution in [0.1, 0.15) is 17.5 Å². The predicted octanol–water partition coefficient (Wildman–Crippen LogP) is 6.54. The van der Waals surface area contributed by atoms with Gasteiger partial charge in [0.15, 0.2) is 5.69 Å². The summed E-state index contributed by atoms with van der Waals surface area (Å²) in [7, 11) is 0. The minimum Gasteiger partial charge on any atom is -0.493 e. The molecule has 1 N–H and O–H groups in total. The lowest BCUT2D eigenvalue weighted by atomic mass is 10.1. The van der Waals surface area contributed by atoms with E-state index in [0.29, 0.717) is 18.4 Å². The van der Waals surface area contributed by atoms with Crippen LogP contribution in [0.5, 0.6) is 5.88 Å². The Hall–Kier alpha value is -3.32. The second-order valence-electron chi connectivity index (χ2n) is 7.13. The number of aromatic nitrogens is 1. The van der Waals surface area contributed by atoms with Crippen LogP contribution in [0.2, 0.25) is 0 Å². The van der Waals surface area contributed by atoms with Gasteiger partial charge in [-0.05, 0) is 47.9 Å². The highest BCUT2D eigenvalue weighted by molar-refractivity contribution is 9.10. The van der Waals surface area contributed by atoms with Crippen molar-refractivity contribution in [1.82, 2.24) is 4.57 Å². The second kappa shape index (κ2) is 9.22. The van der Waals surface area contributed by atoms with E-state index in [9.17, 15) is 14.3 Å². The van der Waals surface area contributed by atoms with Gasteiger partial charge in [-0.1, -0.05) is 58.4 Å². The van der Waals surface area contributed by atoms with Crippen molar-refractivity contribution < 1.29 is 14.3 Å². The van der Waals surface area contributed by atoms with E-state index in [1.165, 1.54) is 12.1 Å². The van der Waals surface area contributed by atoms with E-state index in [0.717, 1.165) is 21.1 Å². The molecule has 31 heavy (non-hydrogen) atoms. The van der Waals surface area contributed by atoms with Crippen LogP contribution in [0.3, 0.4) is 0 Å². The van der Waals surface area contributed by atoms with E-state index >= 15 is 0 Å². The average Bonchev–Trinajstić information content (AvgIpc) is 3.03. The maximum absolute atomic E-state index is 13.2. The van der Waals surface area contributed by atoms with Gasteiger partial charge in [0, 0.05) is 16.3 Å². The SMILES string of the molecule is O=C(CCc1ccccc1)N=Nc1c(O)n(Cc2ccc(F)cc2)c2ccc(Br)cc12. The Kier molecular flexibility index (Phi) is 6.23. The normalized spacial score (nSPS) is 11.4. The molecule has 1 heterocycles. The first-order valence-electron chi connectivity index (χ1n) is 9.75. The van der Waals surface area contributed by atoms with Crippen LogP contribution in [-0.2, 0) is 17.8 Å². The number of nitrogens with zero attached hydrogens (tertiary/aromatic N) is 3. The molecule has 156 valence electrons. The Balaban J connectivity index is 1.61. The fraction of sp³-hybridized carbons (Fsp3) is 0.125. The summed E-state index contributed by atoms with van der Waals surface area (Å²) in [4.78, 5) is 12.2.